The molecule has 2 aromatic rings. The molecule has 1 aliphatic rings. The molecule has 1 aliphatic heterocycles. The Kier molecular flexibility index (Phi) is 10.2. The first-order valence-corrected chi connectivity index (χ1v) is 13.0. The van der Waals surface area contributed by atoms with Crippen LogP contribution < -0.4 is 9.47 Å². The number of unbranched alkanes of at least 4 members (excludes halogenated alkanes) is 2. The number of hydrogen-bond acceptors (Lipinski definition) is 5. The minimum Gasteiger partial charge on any atom is -0.497 e. The lowest BCUT2D eigenvalue weighted by Gasteiger charge is -2.30. The Labute approximate surface area is 215 Å². The van der Waals surface area contributed by atoms with Crippen LogP contribution in [-0.4, -0.2) is 67.2 Å². The van der Waals surface area contributed by atoms with Gasteiger partial charge in [-0.1, -0.05) is 51.0 Å². The minimum absolute atomic E-state index is 0.0648. The van der Waals surface area contributed by atoms with Crippen molar-refractivity contribution in [3.63, 3.8) is 0 Å². The third-order valence-electron chi connectivity index (χ3n) is 7.14. The minimum atomic E-state index is -0.861. The van der Waals surface area contributed by atoms with Gasteiger partial charge in [0.15, 0.2) is 0 Å². The molecule has 1 amide bonds. The first kappa shape index (κ1) is 27.5. The molecule has 1 heterocycles. The van der Waals surface area contributed by atoms with Crippen LogP contribution in [0.1, 0.15) is 62.6 Å². The number of aliphatic carboxylic acids is 1. The molecule has 0 unspecified atom stereocenters. The second kappa shape index (κ2) is 13.3. The van der Waals surface area contributed by atoms with Crippen LogP contribution >= 0.6 is 0 Å². The van der Waals surface area contributed by atoms with E-state index in [1.165, 1.54) is 0 Å². The molecule has 0 spiro atoms. The van der Waals surface area contributed by atoms with E-state index in [2.05, 4.69) is 18.7 Å². The fourth-order valence-electron chi connectivity index (χ4n) is 5.11. The van der Waals surface area contributed by atoms with Gasteiger partial charge in [-0.05, 0) is 48.2 Å². The van der Waals surface area contributed by atoms with Crippen molar-refractivity contribution in [1.29, 1.82) is 0 Å². The Morgan fingerprint density at radius 1 is 0.889 bits per heavy atom. The van der Waals surface area contributed by atoms with Crippen molar-refractivity contribution < 1.29 is 24.2 Å². The Morgan fingerprint density at radius 3 is 1.83 bits per heavy atom. The zero-order valence-electron chi connectivity index (χ0n) is 22.0. The van der Waals surface area contributed by atoms with Gasteiger partial charge in [0.25, 0.3) is 0 Å². The predicted octanol–water partition coefficient (Wildman–Crippen LogP) is 4.97. The number of carboxylic acids is 1. The summed E-state index contributed by atoms with van der Waals surface area (Å²) in [5, 5.41) is 10.4. The molecular formula is C29H40N2O5. The number of carbonyl (C=O) groups excluding carboxylic acids is 1. The van der Waals surface area contributed by atoms with E-state index in [0.29, 0.717) is 12.3 Å². The van der Waals surface area contributed by atoms with E-state index < -0.39 is 17.9 Å². The summed E-state index contributed by atoms with van der Waals surface area (Å²) in [5.74, 6) is -0.309. The molecule has 1 saturated heterocycles. The van der Waals surface area contributed by atoms with E-state index in [9.17, 15) is 14.7 Å². The molecule has 2 aromatic carbocycles. The molecule has 0 saturated carbocycles. The number of benzene rings is 2. The summed E-state index contributed by atoms with van der Waals surface area (Å²) in [4.78, 5) is 30.2. The third kappa shape index (κ3) is 6.58. The fraction of sp³-hybridized carbons (Fsp3) is 0.517. The molecule has 7 heteroatoms. The first-order valence-electron chi connectivity index (χ1n) is 13.0. The quantitative estimate of drug-likeness (QED) is 0.422. The number of likely N-dealkylation sites (tertiary alicyclic amines) is 1. The third-order valence-corrected chi connectivity index (χ3v) is 7.14. The highest BCUT2D eigenvalue weighted by atomic mass is 16.5. The van der Waals surface area contributed by atoms with Crippen LogP contribution in [0.15, 0.2) is 48.5 Å². The molecule has 7 nitrogen and oxygen atoms in total. The Hall–Kier alpha value is -3.06. The van der Waals surface area contributed by atoms with Crippen molar-refractivity contribution in [3.05, 3.63) is 59.7 Å². The maximum Gasteiger partial charge on any atom is 0.309 e. The van der Waals surface area contributed by atoms with E-state index in [1.807, 2.05) is 53.4 Å². The topological polar surface area (TPSA) is 79.3 Å². The summed E-state index contributed by atoms with van der Waals surface area (Å²) in [6.07, 6.45) is 3.97. The van der Waals surface area contributed by atoms with Crippen molar-refractivity contribution >= 4 is 11.9 Å². The number of ether oxygens (including phenoxy) is 2. The lowest BCUT2D eigenvalue weighted by molar-refractivity contribution is -0.144. The molecular weight excluding hydrogens is 456 g/mol. The monoisotopic (exact) mass is 496 g/mol. The average molecular weight is 497 g/mol. The summed E-state index contributed by atoms with van der Waals surface area (Å²) in [7, 11) is 3.22. The zero-order valence-corrected chi connectivity index (χ0v) is 22.0. The second-order valence-corrected chi connectivity index (χ2v) is 9.48. The van der Waals surface area contributed by atoms with Crippen LogP contribution in [0.2, 0.25) is 0 Å². The first-order chi connectivity index (χ1) is 17.4. The van der Waals surface area contributed by atoms with Crippen molar-refractivity contribution in [2.75, 3.05) is 40.4 Å². The molecule has 0 bridgehead atoms. The zero-order chi connectivity index (χ0) is 26.1. The summed E-state index contributed by atoms with van der Waals surface area (Å²) in [6.45, 7) is 6.40. The number of amides is 1. The number of nitrogens with zero attached hydrogens (tertiary/aromatic N) is 2. The normalized spacial score (nSPS) is 19.7. The number of carbonyl (C=O) groups is 2. The highest BCUT2D eigenvalue weighted by Crippen LogP contribution is 2.46. The van der Waals surface area contributed by atoms with E-state index >= 15 is 0 Å². The van der Waals surface area contributed by atoms with Crippen LogP contribution in [0.3, 0.4) is 0 Å². The summed E-state index contributed by atoms with van der Waals surface area (Å²) < 4.78 is 10.6. The Bertz CT molecular complexity index is 968. The van der Waals surface area contributed by atoms with E-state index in [4.69, 9.17) is 9.47 Å². The van der Waals surface area contributed by atoms with Gasteiger partial charge >= 0.3 is 5.97 Å². The molecule has 0 radical (unpaired) electrons. The smallest absolute Gasteiger partial charge is 0.309 e. The summed E-state index contributed by atoms with van der Waals surface area (Å²) in [5.41, 5.74) is 1.81. The maximum absolute atomic E-state index is 13.5. The van der Waals surface area contributed by atoms with Crippen LogP contribution in [0.5, 0.6) is 11.5 Å². The van der Waals surface area contributed by atoms with Gasteiger partial charge < -0.3 is 19.5 Å². The van der Waals surface area contributed by atoms with Gasteiger partial charge in [-0.2, -0.15) is 0 Å². The highest BCUT2D eigenvalue weighted by Gasteiger charge is 2.48. The van der Waals surface area contributed by atoms with Gasteiger partial charge in [0.05, 0.1) is 26.7 Å². The van der Waals surface area contributed by atoms with Crippen LogP contribution in [0, 0.1) is 5.92 Å². The molecule has 0 aliphatic carbocycles. The van der Waals surface area contributed by atoms with Crippen molar-refractivity contribution in [2.24, 2.45) is 5.92 Å². The lowest BCUT2D eigenvalue weighted by atomic mass is 9.83. The molecule has 0 aromatic heterocycles. The van der Waals surface area contributed by atoms with Crippen molar-refractivity contribution in [2.45, 2.75) is 51.5 Å². The fourth-order valence-corrected chi connectivity index (χ4v) is 5.11. The van der Waals surface area contributed by atoms with Crippen molar-refractivity contribution in [1.82, 2.24) is 9.80 Å². The average Bonchev–Trinajstić information content (AvgIpc) is 3.28. The van der Waals surface area contributed by atoms with Gasteiger partial charge in [0.2, 0.25) is 5.91 Å². The van der Waals surface area contributed by atoms with Crippen LogP contribution in [-0.2, 0) is 9.59 Å². The molecule has 3 rings (SSSR count). The molecule has 1 N–H and O–H groups in total. The Morgan fingerprint density at radius 2 is 1.39 bits per heavy atom. The standard InChI is InChI=1S/C29H40N2O5/c1-5-7-17-30(18-8-6-2)26(32)20-31-19-25(21-9-13-23(35-3)14-10-21)27(29(33)34)28(31)22-11-15-24(36-4)16-12-22/h9-16,25,27-28H,5-8,17-20H2,1-4H3,(H,33,34)/t25-,27-,28+/m0/s1. The summed E-state index contributed by atoms with van der Waals surface area (Å²) >= 11 is 0. The molecule has 3 atom stereocenters. The van der Waals surface area contributed by atoms with Gasteiger partial charge in [0.1, 0.15) is 11.5 Å². The van der Waals surface area contributed by atoms with Gasteiger partial charge in [-0.15, -0.1) is 0 Å². The SMILES string of the molecule is CCCCN(CCCC)C(=O)CN1C[C@@H](c2ccc(OC)cc2)[C@H](C(=O)O)[C@H]1c1ccc(OC)cc1. The number of hydrogen-bond donors (Lipinski definition) is 1. The second-order valence-electron chi connectivity index (χ2n) is 9.48. The van der Waals surface area contributed by atoms with Gasteiger partial charge in [-0.25, -0.2) is 0 Å². The van der Waals surface area contributed by atoms with Crippen molar-refractivity contribution in [3.8, 4) is 11.5 Å². The van der Waals surface area contributed by atoms with Crippen LogP contribution in [0.4, 0.5) is 0 Å². The molecule has 196 valence electrons. The lowest BCUT2D eigenvalue weighted by Crippen LogP contribution is -2.42. The highest BCUT2D eigenvalue weighted by molar-refractivity contribution is 5.79. The predicted molar refractivity (Wildman–Crippen MR) is 141 cm³/mol. The van der Waals surface area contributed by atoms with E-state index in [0.717, 1.165) is 55.6 Å². The Balaban J connectivity index is 1.96. The van der Waals surface area contributed by atoms with Gasteiger partial charge in [0, 0.05) is 31.6 Å². The maximum atomic E-state index is 13.5. The largest absolute Gasteiger partial charge is 0.497 e. The number of rotatable bonds is 13. The number of methoxy groups -OCH3 is 2. The molecule has 36 heavy (non-hydrogen) atoms. The van der Waals surface area contributed by atoms with E-state index in [-0.39, 0.29) is 18.4 Å². The molecule has 1 fully saturated rings. The summed E-state index contributed by atoms with van der Waals surface area (Å²) in [6, 6.07) is 14.7. The number of carboxylic acid groups (broad SMARTS) is 1. The van der Waals surface area contributed by atoms with E-state index in [1.54, 1.807) is 14.2 Å². The van der Waals surface area contributed by atoms with Crippen LogP contribution in [0.25, 0.3) is 0 Å². The van der Waals surface area contributed by atoms with Gasteiger partial charge in [-0.3, -0.25) is 14.5 Å².